The Morgan fingerprint density at radius 2 is 2.21 bits per heavy atom. The second-order valence-corrected chi connectivity index (χ2v) is 4.05. The summed E-state index contributed by atoms with van der Waals surface area (Å²) in [7, 11) is 1.60. The van der Waals surface area contributed by atoms with Crippen molar-refractivity contribution < 1.29 is 9.53 Å². The number of nitrogens with two attached hydrogens (primary N) is 1. The van der Waals surface area contributed by atoms with E-state index in [1.54, 1.807) is 19.2 Å². The number of anilines is 2. The van der Waals surface area contributed by atoms with Crippen LogP contribution in [0.15, 0.2) is 42.6 Å². The van der Waals surface area contributed by atoms with Crippen molar-refractivity contribution in [3.8, 4) is 5.75 Å². The highest BCUT2D eigenvalue weighted by molar-refractivity contribution is 5.92. The molecule has 2 aromatic rings. The molecule has 0 radical (unpaired) electrons. The standard InChI is InChI=1S/C14H15N3O2/c1-19-12-4-2-3-10(7-12)8-14(18)17-11-5-6-13(15)16-9-11/h2-7,9H,8H2,1H3,(H2,15,16)(H,17,18). The van der Waals surface area contributed by atoms with Crippen molar-refractivity contribution >= 4 is 17.4 Å². The minimum atomic E-state index is -0.111. The van der Waals surface area contributed by atoms with Crippen molar-refractivity contribution in [1.29, 1.82) is 0 Å². The van der Waals surface area contributed by atoms with E-state index in [4.69, 9.17) is 10.5 Å². The number of ether oxygens (including phenoxy) is 1. The fraction of sp³-hybridized carbons (Fsp3) is 0.143. The molecule has 19 heavy (non-hydrogen) atoms. The molecule has 0 fully saturated rings. The number of rotatable bonds is 4. The minimum absolute atomic E-state index is 0.111. The Morgan fingerprint density at radius 1 is 1.37 bits per heavy atom. The number of aromatic nitrogens is 1. The van der Waals surface area contributed by atoms with Gasteiger partial charge in [0.2, 0.25) is 5.91 Å². The molecule has 0 aliphatic rings. The molecule has 0 unspecified atom stereocenters. The first kappa shape index (κ1) is 12.9. The Labute approximate surface area is 111 Å². The average molecular weight is 257 g/mol. The summed E-state index contributed by atoms with van der Waals surface area (Å²) in [5.74, 6) is 1.05. The van der Waals surface area contributed by atoms with Gasteiger partial charge in [0.15, 0.2) is 0 Å². The van der Waals surface area contributed by atoms with Crippen LogP contribution in [0.1, 0.15) is 5.56 Å². The molecular weight excluding hydrogens is 242 g/mol. The van der Waals surface area contributed by atoms with Crippen molar-refractivity contribution in [2.45, 2.75) is 6.42 Å². The number of amides is 1. The zero-order chi connectivity index (χ0) is 13.7. The van der Waals surface area contributed by atoms with Gasteiger partial charge in [-0.1, -0.05) is 12.1 Å². The summed E-state index contributed by atoms with van der Waals surface area (Å²) in [6.45, 7) is 0. The van der Waals surface area contributed by atoms with Gasteiger partial charge in [0.25, 0.3) is 0 Å². The topological polar surface area (TPSA) is 77.2 Å². The van der Waals surface area contributed by atoms with E-state index in [1.807, 2.05) is 24.3 Å². The number of pyridine rings is 1. The van der Waals surface area contributed by atoms with Crippen molar-refractivity contribution in [2.75, 3.05) is 18.2 Å². The van der Waals surface area contributed by atoms with Gasteiger partial charge in [0.1, 0.15) is 11.6 Å². The van der Waals surface area contributed by atoms with Crippen molar-refractivity contribution in [1.82, 2.24) is 4.98 Å². The molecule has 1 amide bonds. The number of nitrogen functional groups attached to an aromatic ring is 1. The third kappa shape index (κ3) is 3.70. The first-order valence-corrected chi connectivity index (χ1v) is 5.81. The van der Waals surface area contributed by atoms with E-state index in [9.17, 15) is 4.79 Å². The summed E-state index contributed by atoms with van der Waals surface area (Å²) < 4.78 is 5.11. The second-order valence-electron chi connectivity index (χ2n) is 4.05. The minimum Gasteiger partial charge on any atom is -0.497 e. The van der Waals surface area contributed by atoms with Crippen LogP contribution in [0, 0.1) is 0 Å². The van der Waals surface area contributed by atoms with Gasteiger partial charge in [0, 0.05) is 0 Å². The van der Waals surface area contributed by atoms with E-state index in [0.717, 1.165) is 11.3 Å². The maximum absolute atomic E-state index is 11.9. The van der Waals surface area contributed by atoms with Gasteiger partial charge in [-0.25, -0.2) is 4.98 Å². The quantitative estimate of drug-likeness (QED) is 0.876. The van der Waals surface area contributed by atoms with Crippen LogP contribution in [0.2, 0.25) is 0 Å². The SMILES string of the molecule is COc1cccc(CC(=O)Nc2ccc(N)nc2)c1. The van der Waals surface area contributed by atoms with Crippen molar-refractivity contribution in [3.05, 3.63) is 48.2 Å². The van der Waals surface area contributed by atoms with Gasteiger partial charge in [-0.15, -0.1) is 0 Å². The highest BCUT2D eigenvalue weighted by Gasteiger charge is 2.05. The normalized spacial score (nSPS) is 9.95. The molecular formula is C14H15N3O2. The number of nitrogens with zero attached hydrogens (tertiary/aromatic N) is 1. The van der Waals surface area contributed by atoms with Gasteiger partial charge in [-0.05, 0) is 29.8 Å². The Bertz CT molecular complexity index is 567. The van der Waals surface area contributed by atoms with Gasteiger partial charge in [-0.3, -0.25) is 4.79 Å². The number of hydrogen-bond acceptors (Lipinski definition) is 4. The molecule has 0 atom stereocenters. The molecule has 1 aromatic carbocycles. The lowest BCUT2D eigenvalue weighted by atomic mass is 10.1. The fourth-order valence-electron chi connectivity index (χ4n) is 1.65. The van der Waals surface area contributed by atoms with Gasteiger partial charge < -0.3 is 15.8 Å². The predicted octanol–water partition coefficient (Wildman–Crippen LogP) is 1.85. The number of carbonyl (C=O) groups excluding carboxylic acids is 1. The van der Waals surface area contributed by atoms with E-state index < -0.39 is 0 Å². The van der Waals surface area contributed by atoms with Crippen LogP contribution in [-0.4, -0.2) is 18.0 Å². The van der Waals surface area contributed by atoms with Crippen LogP contribution < -0.4 is 15.8 Å². The van der Waals surface area contributed by atoms with Crippen LogP contribution in [0.4, 0.5) is 11.5 Å². The van der Waals surface area contributed by atoms with E-state index in [1.165, 1.54) is 6.20 Å². The van der Waals surface area contributed by atoms with E-state index in [-0.39, 0.29) is 12.3 Å². The van der Waals surface area contributed by atoms with Crippen LogP contribution in [0.3, 0.4) is 0 Å². The molecule has 0 saturated heterocycles. The molecule has 0 saturated carbocycles. The highest BCUT2D eigenvalue weighted by atomic mass is 16.5. The lowest BCUT2D eigenvalue weighted by molar-refractivity contribution is -0.115. The Morgan fingerprint density at radius 3 is 2.89 bits per heavy atom. The number of nitrogens with one attached hydrogen (secondary N) is 1. The molecule has 0 bridgehead atoms. The summed E-state index contributed by atoms with van der Waals surface area (Å²) in [5.41, 5.74) is 6.99. The van der Waals surface area contributed by atoms with E-state index in [2.05, 4.69) is 10.3 Å². The smallest absolute Gasteiger partial charge is 0.228 e. The largest absolute Gasteiger partial charge is 0.497 e. The zero-order valence-electron chi connectivity index (χ0n) is 10.6. The molecule has 0 spiro atoms. The fourth-order valence-corrected chi connectivity index (χ4v) is 1.65. The summed E-state index contributed by atoms with van der Waals surface area (Å²) in [6, 6.07) is 10.8. The van der Waals surface area contributed by atoms with Gasteiger partial charge in [0.05, 0.1) is 25.4 Å². The zero-order valence-corrected chi connectivity index (χ0v) is 10.6. The maximum Gasteiger partial charge on any atom is 0.228 e. The average Bonchev–Trinajstić information content (AvgIpc) is 2.41. The first-order chi connectivity index (χ1) is 9.17. The molecule has 5 heteroatoms. The molecule has 1 heterocycles. The molecule has 0 aliphatic carbocycles. The number of benzene rings is 1. The maximum atomic E-state index is 11.9. The third-order valence-corrected chi connectivity index (χ3v) is 2.57. The molecule has 3 N–H and O–H groups in total. The third-order valence-electron chi connectivity index (χ3n) is 2.57. The molecule has 1 aromatic heterocycles. The second kappa shape index (κ2) is 5.86. The summed E-state index contributed by atoms with van der Waals surface area (Å²) in [4.78, 5) is 15.8. The van der Waals surface area contributed by atoms with Gasteiger partial charge in [-0.2, -0.15) is 0 Å². The van der Waals surface area contributed by atoms with Crippen LogP contribution in [-0.2, 0) is 11.2 Å². The van der Waals surface area contributed by atoms with E-state index >= 15 is 0 Å². The van der Waals surface area contributed by atoms with E-state index in [0.29, 0.717) is 11.5 Å². The lowest BCUT2D eigenvalue weighted by Crippen LogP contribution is -2.14. The summed E-state index contributed by atoms with van der Waals surface area (Å²) in [5, 5.41) is 2.76. The number of hydrogen-bond donors (Lipinski definition) is 2. The van der Waals surface area contributed by atoms with Crippen molar-refractivity contribution in [2.24, 2.45) is 0 Å². The lowest BCUT2D eigenvalue weighted by Gasteiger charge is -2.06. The first-order valence-electron chi connectivity index (χ1n) is 5.81. The highest BCUT2D eigenvalue weighted by Crippen LogP contribution is 2.14. The Hall–Kier alpha value is -2.56. The number of carbonyl (C=O) groups is 1. The Balaban J connectivity index is 1.99. The molecule has 5 nitrogen and oxygen atoms in total. The van der Waals surface area contributed by atoms with Crippen LogP contribution in [0.5, 0.6) is 5.75 Å². The Kier molecular flexibility index (Phi) is 3.97. The monoisotopic (exact) mass is 257 g/mol. The molecule has 0 aliphatic heterocycles. The van der Waals surface area contributed by atoms with Gasteiger partial charge >= 0.3 is 0 Å². The molecule has 98 valence electrons. The van der Waals surface area contributed by atoms with Crippen LogP contribution >= 0.6 is 0 Å². The summed E-state index contributed by atoms with van der Waals surface area (Å²) in [6.07, 6.45) is 1.81. The predicted molar refractivity (Wildman–Crippen MR) is 74.0 cm³/mol. The molecule has 2 rings (SSSR count). The summed E-state index contributed by atoms with van der Waals surface area (Å²) >= 11 is 0. The van der Waals surface area contributed by atoms with Crippen LogP contribution in [0.25, 0.3) is 0 Å². The number of methoxy groups -OCH3 is 1. The van der Waals surface area contributed by atoms with Crippen molar-refractivity contribution in [3.63, 3.8) is 0 Å².